The van der Waals surface area contributed by atoms with Gasteiger partial charge >= 0.3 is 0 Å². The number of thiazole rings is 1. The van der Waals surface area contributed by atoms with Crippen LogP contribution in [0.1, 0.15) is 42.9 Å². The van der Waals surface area contributed by atoms with Gasteiger partial charge in [0.05, 0.1) is 11.1 Å². The average Bonchev–Trinajstić information content (AvgIpc) is 2.93. The summed E-state index contributed by atoms with van der Waals surface area (Å²) in [6.07, 6.45) is 2.68. The van der Waals surface area contributed by atoms with E-state index in [-0.39, 0.29) is 17.1 Å². The maximum Gasteiger partial charge on any atom is 0.142 e. The predicted octanol–water partition coefficient (Wildman–Crippen LogP) is 5.39. The van der Waals surface area contributed by atoms with E-state index < -0.39 is 5.82 Å². The SMILES string of the molecule is CCC(NC(C)c1cc(F)c(Cl)cc1Cl)c1nccs1. The normalized spacial score (nSPS) is 14.2. The Bertz CT molecular complexity index is 575. The van der Waals surface area contributed by atoms with Crippen molar-refractivity contribution in [3.05, 3.63) is 50.1 Å². The van der Waals surface area contributed by atoms with Gasteiger partial charge < -0.3 is 5.32 Å². The Morgan fingerprint density at radius 1 is 1.35 bits per heavy atom. The van der Waals surface area contributed by atoms with Crippen molar-refractivity contribution in [1.82, 2.24) is 10.3 Å². The zero-order valence-corrected chi connectivity index (χ0v) is 13.5. The first-order chi connectivity index (χ1) is 9.52. The highest BCUT2D eigenvalue weighted by Gasteiger charge is 2.18. The van der Waals surface area contributed by atoms with Crippen LogP contribution >= 0.6 is 34.5 Å². The molecule has 0 saturated heterocycles. The van der Waals surface area contributed by atoms with Crippen molar-refractivity contribution in [3.8, 4) is 0 Å². The van der Waals surface area contributed by atoms with Crippen LogP contribution in [0.15, 0.2) is 23.7 Å². The fraction of sp³-hybridized carbons (Fsp3) is 0.357. The fourth-order valence-corrected chi connectivity index (χ4v) is 3.36. The molecule has 1 N–H and O–H groups in total. The first kappa shape index (κ1) is 15.7. The van der Waals surface area contributed by atoms with Crippen molar-refractivity contribution in [2.24, 2.45) is 0 Å². The van der Waals surface area contributed by atoms with Gasteiger partial charge in [-0.1, -0.05) is 30.1 Å². The van der Waals surface area contributed by atoms with Gasteiger partial charge in [0, 0.05) is 22.6 Å². The number of hydrogen-bond acceptors (Lipinski definition) is 3. The molecule has 20 heavy (non-hydrogen) atoms. The lowest BCUT2D eigenvalue weighted by Gasteiger charge is -2.22. The lowest BCUT2D eigenvalue weighted by molar-refractivity contribution is 0.453. The molecule has 2 aromatic rings. The molecule has 2 unspecified atom stereocenters. The van der Waals surface area contributed by atoms with Gasteiger partial charge in [0.15, 0.2) is 0 Å². The minimum absolute atomic E-state index is 0.0397. The Hall–Kier alpha value is -0.680. The van der Waals surface area contributed by atoms with E-state index in [1.165, 1.54) is 12.1 Å². The minimum atomic E-state index is -0.456. The van der Waals surface area contributed by atoms with E-state index in [0.29, 0.717) is 10.6 Å². The maximum atomic E-state index is 13.6. The van der Waals surface area contributed by atoms with Gasteiger partial charge in [-0.2, -0.15) is 0 Å². The quantitative estimate of drug-likeness (QED) is 0.742. The van der Waals surface area contributed by atoms with Gasteiger partial charge in [-0.3, -0.25) is 0 Å². The number of hydrogen-bond donors (Lipinski definition) is 1. The lowest BCUT2D eigenvalue weighted by Crippen LogP contribution is -2.24. The third kappa shape index (κ3) is 3.50. The molecule has 0 aliphatic heterocycles. The standard InChI is InChI=1S/C14H15Cl2FN2S/c1-3-13(14-18-4-5-20-14)19-8(2)9-6-12(17)11(16)7-10(9)15/h4-8,13,19H,3H2,1-2H3. The van der Waals surface area contributed by atoms with Crippen molar-refractivity contribution < 1.29 is 4.39 Å². The van der Waals surface area contributed by atoms with Crippen LogP contribution in [0.2, 0.25) is 10.0 Å². The van der Waals surface area contributed by atoms with E-state index in [0.717, 1.165) is 11.4 Å². The topological polar surface area (TPSA) is 24.9 Å². The summed E-state index contributed by atoms with van der Waals surface area (Å²) in [5, 5.41) is 6.89. The highest BCUT2D eigenvalue weighted by Crippen LogP contribution is 2.31. The van der Waals surface area contributed by atoms with E-state index >= 15 is 0 Å². The second-order valence-corrected chi connectivity index (χ2v) is 6.25. The maximum absolute atomic E-state index is 13.6. The van der Waals surface area contributed by atoms with Crippen LogP contribution in [0.4, 0.5) is 4.39 Å². The van der Waals surface area contributed by atoms with Crippen molar-refractivity contribution in [2.45, 2.75) is 32.4 Å². The molecule has 0 saturated carbocycles. The van der Waals surface area contributed by atoms with Crippen LogP contribution in [-0.4, -0.2) is 4.98 Å². The molecule has 1 aromatic carbocycles. The van der Waals surface area contributed by atoms with Crippen molar-refractivity contribution in [1.29, 1.82) is 0 Å². The summed E-state index contributed by atoms with van der Waals surface area (Å²) >= 11 is 13.5. The summed E-state index contributed by atoms with van der Waals surface area (Å²) < 4.78 is 13.6. The molecule has 0 fully saturated rings. The van der Waals surface area contributed by atoms with E-state index in [1.807, 2.05) is 12.3 Å². The Morgan fingerprint density at radius 3 is 2.70 bits per heavy atom. The van der Waals surface area contributed by atoms with Gasteiger partial charge in [-0.05, 0) is 31.0 Å². The molecule has 0 bridgehead atoms. The molecule has 0 aliphatic rings. The predicted molar refractivity (Wildman–Crippen MR) is 83.1 cm³/mol. The van der Waals surface area contributed by atoms with Crippen LogP contribution < -0.4 is 5.32 Å². The third-order valence-electron chi connectivity index (χ3n) is 3.12. The Labute approximate surface area is 131 Å². The number of rotatable bonds is 5. The first-order valence-corrected chi connectivity index (χ1v) is 7.96. The summed E-state index contributed by atoms with van der Waals surface area (Å²) in [5.41, 5.74) is 0.698. The smallest absolute Gasteiger partial charge is 0.142 e. The van der Waals surface area contributed by atoms with Crippen LogP contribution in [0.3, 0.4) is 0 Å². The summed E-state index contributed by atoms with van der Waals surface area (Å²) in [4.78, 5) is 4.32. The van der Waals surface area contributed by atoms with Gasteiger partial charge in [0.25, 0.3) is 0 Å². The van der Waals surface area contributed by atoms with Gasteiger partial charge in [0.2, 0.25) is 0 Å². The second-order valence-electron chi connectivity index (χ2n) is 4.51. The number of aromatic nitrogens is 1. The molecule has 2 atom stereocenters. The summed E-state index contributed by atoms with van der Waals surface area (Å²) in [6.45, 7) is 4.03. The van der Waals surface area contributed by atoms with E-state index in [9.17, 15) is 4.39 Å². The van der Waals surface area contributed by atoms with Crippen LogP contribution in [0, 0.1) is 5.82 Å². The Morgan fingerprint density at radius 2 is 2.10 bits per heavy atom. The number of nitrogens with one attached hydrogen (secondary N) is 1. The zero-order valence-electron chi connectivity index (χ0n) is 11.2. The molecular formula is C14H15Cl2FN2S. The van der Waals surface area contributed by atoms with Crippen LogP contribution in [0.5, 0.6) is 0 Å². The first-order valence-electron chi connectivity index (χ1n) is 6.32. The number of halogens is 3. The molecule has 6 heteroatoms. The Balaban J connectivity index is 2.19. The van der Waals surface area contributed by atoms with Gasteiger partial charge in [0.1, 0.15) is 10.8 Å². The lowest BCUT2D eigenvalue weighted by atomic mass is 10.1. The molecule has 2 rings (SSSR count). The minimum Gasteiger partial charge on any atom is -0.301 e. The van der Waals surface area contributed by atoms with E-state index in [1.54, 1.807) is 17.5 Å². The van der Waals surface area contributed by atoms with E-state index in [2.05, 4.69) is 17.2 Å². The molecule has 108 valence electrons. The summed E-state index contributed by atoms with van der Waals surface area (Å²) in [5.74, 6) is -0.456. The van der Waals surface area contributed by atoms with Gasteiger partial charge in [-0.15, -0.1) is 11.3 Å². The molecule has 1 heterocycles. The number of nitrogens with zero attached hydrogens (tertiary/aromatic N) is 1. The highest BCUT2D eigenvalue weighted by molar-refractivity contribution is 7.09. The second kappa shape index (κ2) is 6.85. The monoisotopic (exact) mass is 332 g/mol. The fourth-order valence-electron chi connectivity index (χ4n) is 2.03. The zero-order chi connectivity index (χ0) is 14.7. The van der Waals surface area contributed by atoms with Crippen molar-refractivity contribution in [3.63, 3.8) is 0 Å². The largest absolute Gasteiger partial charge is 0.301 e. The average molecular weight is 333 g/mol. The summed E-state index contributed by atoms with van der Waals surface area (Å²) in [6, 6.07) is 2.86. The molecule has 0 aliphatic carbocycles. The van der Waals surface area contributed by atoms with E-state index in [4.69, 9.17) is 23.2 Å². The molecule has 0 radical (unpaired) electrons. The number of benzene rings is 1. The highest BCUT2D eigenvalue weighted by atomic mass is 35.5. The van der Waals surface area contributed by atoms with Crippen molar-refractivity contribution in [2.75, 3.05) is 0 Å². The van der Waals surface area contributed by atoms with Gasteiger partial charge in [-0.25, -0.2) is 9.37 Å². The van der Waals surface area contributed by atoms with Crippen LogP contribution in [-0.2, 0) is 0 Å². The van der Waals surface area contributed by atoms with Crippen molar-refractivity contribution >= 4 is 34.5 Å². The Kier molecular flexibility index (Phi) is 5.38. The molecule has 0 spiro atoms. The third-order valence-corrected chi connectivity index (χ3v) is 4.62. The molecule has 2 nitrogen and oxygen atoms in total. The molecule has 1 aromatic heterocycles. The summed E-state index contributed by atoms with van der Waals surface area (Å²) in [7, 11) is 0. The molecule has 0 amide bonds. The molecular weight excluding hydrogens is 318 g/mol. The van der Waals surface area contributed by atoms with Crippen LogP contribution in [0.25, 0.3) is 0 Å².